The van der Waals surface area contributed by atoms with E-state index in [-0.39, 0.29) is 30.5 Å². The maximum Gasteiger partial charge on any atom is 0.323 e. The van der Waals surface area contributed by atoms with Gasteiger partial charge in [0.1, 0.15) is 18.8 Å². The van der Waals surface area contributed by atoms with E-state index in [9.17, 15) is 9.59 Å². The third-order valence-electron chi connectivity index (χ3n) is 8.63. The number of rotatable bonds is 18. The number of carbonyl (C=O) groups excluding carboxylic acids is 2. The molecule has 1 N–H and O–H groups in total. The van der Waals surface area contributed by atoms with Gasteiger partial charge in [-0.15, -0.1) is 11.3 Å². The topological polar surface area (TPSA) is 73.9 Å². The normalized spacial score (nSPS) is 14.9. The summed E-state index contributed by atoms with van der Waals surface area (Å²) in [5.74, 6) is 0.264. The molecule has 6 nitrogen and oxygen atoms in total. The second kappa shape index (κ2) is 17.7. The van der Waals surface area contributed by atoms with Crippen LogP contribution in [0, 0.1) is 5.92 Å². The van der Waals surface area contributed by atoms with Crippen LogP contribution in [0.5, 0.6) is 0 Å². The lowest BCUT2D eigenvalue weighted by Crippen LogP contribution is -2.40. The first-order valence-corrected chi connectivity index (χ1v) is 18.0. The molecular formula is C40H49NO5S. The molecule has 3 aromatic carbocycles. The fraction of sp³-hybridized carbons (Fsp3) is 0.450. The van der Waals surface area contributed by atoms with Crippen LogP contribution in [0.1, 0.15) is 84.8 Å². The molecule has 47 heavy (non-hydrogen) atoms. The van der Waals surface area contributed by atoms with E-state index < -0.39 is 6.29 Å². The second-order valence-corrected chi connectivity index (χ2v) is 14.2. The fourth-order valence-corrected chi connectivity index (χ4v) is 6.96. The van der Waals surface area contributed by atoms with Gasteiger partial charge < -0.3 is 19.5 Å². The van der Waals surface area contributed by atoms with Crippen molar-refractivity contribution in [2.45, 2.75) is 97.1 Å². The predicted molar refractivity (Wildman–Crippen MR) is 190 cm³/mol. The zero-order valence-electron chi connectivity index (χ0n) is 28.0. The van der Waals surface area contributed by atoms with E-state index in [0.29, 0.717) is 25.5 Å². The number of Topliss-reactive ketones (excluding diaryl/α,β-unsaturated/α-hetero) is 1. The standard InChI is InChI=1S/C40H49NO5S/c1-28(2)26-44-29(3)45-27-37(42)39-24-34-21-20-32(23-38(34)47-39)13-9-12-30-16-18-33(19-17-30)25-41-36(22-31-10-5-4-6-11-31)40(43)46-35-14-7-8-15-35/h4-6,10-11,16-21,23-24,28-29,35-36,41H,7-9,12-15,22,25-27H2,1-3H3/t29?,36-/m0/s1. The van der Waals surface area contributed by atoms with Crippen molar-refractivity contribution < 1.29 is 23.8 Å². The SMILES string of the molecule is CC(C)COC(C)OCC(=O)c1cc2ccc(CCCc3ccc(CN[C@@H](Cc4ccccc4)C(=O)OC4CCCC4)cc3)cc2s1. The second-order valence-electron chi connectivity index (χ2n) is 13.1. The average Bonchev–Trinajstić information content (AvgIpc) is 3.75. The van der Waals surface area contributed by atoms with Crippen LogP contribution in [0.3, 0.4) is 0 Å². The highest BCUT2D eigenvalue weighted by atomic mass is 32.1. The van der Waals surface area contributed by atoms with Crippen LogP contribution in [-0.4, -0.2) is 43.4 Å². The summed E-state index contributed by atoms with van der Waals surface area (Å²) >= 11 is 1.53. The molecule has 1 aliphatic rings. The third kappa shape index (κ3) is 11.1. The van der Waals surface area contributed by atoms with Crippen LogP contribution in [0.2, 0.25) is 0 Å². The number of fused-ring (bicyclic) bond motifs is 1. The van der Waals surface area contributed by atoms with E-state index in [0.717, 1.165) is 71.0 Å². The molecule has 0 saturated heterocycles. The summed E-state index contributed by atoms with van der Waals surface area (Å²) in [7, 11) is 0. The first-order valence-electron chi connectivity index (χ1n) is 17.2. The molecule has 1 aromatic heterocycles. The molecule has 1 unspecified atom stereocenters. The van der Waals surface area contributed by atoms with Crippen LogP contribution in [0.15, 0.2) is 78.9 Å². The number of nitrogens with one attached hydrogen (secondary N) is 1. The summed E-state index contributed by atoms with van der Waals surface area (Å²) in [6.45, 7) is 7.25. The van der Waals surface area contributed by atoms with Crippen LogP contribution in [-0.2, 0) is 44.8 Å². The quantitative estimate of drug-likeness (QED) is 0.0659. The minimum atomic E-state index is -0.399. The van der Waals surface area contributed by atoms with E-state index in [1.165, 1.54) is 22.5 Å². The highest BCUT2D eigenvalue weighted by Crippen LogP contribution is 2.28. The lowest BCUT2D eigenvalue weighted by molar-refractivity contribution is -0.151. The van der Waals surface area contributed by atoms with Crippen molar-refractivity contribution in [2.24, 2.45) is 5.92 Å². The Hall–Kier alpha value is -3.36. The van der Waals surface area contributed by atoms with Crippen LogP contribution in [0.4, 0.5) is 0 Å². The van der Waals surface area contributed by atoms with Crippen molar-refractivity contribution in [3.05, 3.63) is 106 Å². The first kappa shape index (κ1) is 35.0. The lowest BCUT2D eigenvalue weighted by atomic mass is 10.0. The van der Waals surface area contributed by atoms with Gasteiger partial charge in [0.2, 0.25) is 0 Å². The summed E-state index contributed by atoms with van der Waals surface area (Å²) in [6.07, 6.45) is 7.49. The van der Waals surface area contributed by atoms with Crippen LogP contribution < -0.4 is 5.32 Å². The molecule has 0 bridgehead atoms. The van der Waals surface area contributed by atoms with Crippen molar-refractivity contribution in [3.8, 4) is 0 Å². The molecule has 1 aliphatic carbocycles. The number of hydrogen-bond donors (Lipinski definition) is 1. The number of hydrogen-bond acceptors (Lipinski definition) is 7. The van der Waals surface area contributed by atoms with E-state index in [1.807, 2.05) is 31.2 Å². The van der Waals surface area contributed by atoms with Gasteiger partial charge >= 0.3 is 5.97 Å². The van der Waals surface area contributed by atoms with Crippen LogP contribution >= 0.6 is 11.3 Å². The van der Waals surface area contributed by atoms with Crippen molar-refractivity contribution in [2.75, 3.05) is 13.2 Å². The highest BCUT2D eigenvalue weighted by Gasteiger charge is 2.25. The number of thiophene rings is 1. The average molecular weight is 656 g/mol. The molecule has 2 atom stereocenters. The number of ketones is 1. The van der Waals surface area contributed by atoms with Crippen LogP contribution in [0.25, 0.3) is 10.1 Å². The van der Waals surface area contributed by atoms with Gasteiger partial charge in [0.25, 0.3) is 0 Å². The Morgan fingerprint density at radius 1 is 0.830 bits per heavy atom. The molecule has 1 heterocycles. The Balaban J connectivity index is 1.08. The maximum atomic E-state index is 13.1. The predicted octanol–water partition coefficient (Wildman–Crippen LogP) is 8.48. The van der Waals surface area contributed by atoms with Gasteiger partial charge in [0.15, 0.2) is 12.1 Å². The Labute approximate surface area is 283 Å². The summed E-state index contributed by atoms with van der Waals surface area (Å²) in [4.78, 5) is 26.6. The molecule has 250 valence electrons. The van der Waals surface area contributed by atoms with E-state index in [4.69, 9.17) is 14.2 Å². The molecular weight excluding hydrogens is 607 g/mol. The molecule has 0 spiro atoms. The highest BCUT2D eigenvalue weighted by molar-refractivity contribution is 7.20. The van der Waals surface area contributed by atoms with Gasteiger partial charge in [-0.05, 0) is 104 Å². The number of carbonyl (C=O) groups is 2. The van der Waals surface area contributed by atoms with Gasteiger partial charge in [-0.1, -0.05) is 80.6 Å². The number of benzene rings is 3. The number of ether oxygens (including phenoxy) is 3. The Morgan fingerprint density at radius 3 is 2.28 bits per heavy atom. The molecule has 0 radical (unpaired) electrons. The minimum absolute atomic E-state index is 0.0119. The third-order valence-corrected chi connectivity index (χ3v) is 9.77. The smallest absolute Gasteiger partial charge is 0.323 e. The van der Waals surface area contributed by atoms with Crippen molar-refractivity contribution >= 4 is 33.2 Å². The van der Waals surface area contributed by atoms with E-state index >= 15 is 0 Å². The van der Waals surface area contributed by atoms with Gasteiger partial charge in [-0.2, -0.15) is 0 Å². The summed E-state index contributed by atoms with van der Waals surface area (Å²) in [5.41, 5.74) is 4.85. The molecule has 4 aromatic rings. The molecule has 5 rings (SSSR count). The van der Waals surface area contributed by atoms with E-state index in [2.05, 4.69) is 73.8 Å². The summed E-state index contributed by atoms with van der Waals surface area (Å²) < 4.78 is 18.2. The molecule has 0 aliphatic heterocycles. The molecule has 1 saturated carbocycles. The number of esters is 1. The van der Waals surface area contributed by atoms with Crippen molar-refractivity contribution in [3.63, 3.8) is 0 Å². The Bertz CT molecular complexity index is 1560. The van der Waals surface area contributed by atoms with Crippen molar-refractivity contribution in [1.29, 1.82) is 0 Å². The fourth-order valence-electron chi connectivity index (χ4n) is 5.91. The lowest BCUT2D eigenvalue weighted by Gasteiger charge is -2.20. The van der Waals surface area contributed by atoms with Gasteiger partial charge in [0.05, 0.1) is 11.5 Å². The maximum absolute atomic E-state index is 13.1. The van der Waals surface area contributed by atoms with Gasteiger partial charge in [0, 0.05) is 11.2 Å². The summed E-state index contributed by atoms with van der Waals surface area (Å²) in [5, 5.41) is 4.57. The van der Waals surface area contributed by atoms with Crippen molar-refractivity contribution in [1.82, 2.24) is 5.32 Å². The first-order chi connectivity index (χ1) is 22.8. The molecule has 7 heteroatoms. The Kier molecular flexibility index (Phi) is 13.2. The van der Waals surface area contributed by atoms with Gasteiger partial charge in [-0.3, -0.25) is 9.59 Å². The zero-order chi connectivity index (χ0) is 33.0. The van der Waals surface area contributed by atoms with E-state index in [1.54, 1.807) is 0 Å². The molecule has 0 amide bonds. The zero-order valence-corrected chi connectivity index (χ0v) is 28.9. The van der Waals surface area contributed by atoms with Gasteiger partial charge in [-0.25, -0.2) is 0 Å². The molecule has 1 fully saturated rings. The Morgan fingerprint density at radius 2 is 1.53 bits per heavy atom. The monoisotopic (exact) mass is 655 g/mol. The summed E-state index contributed by atoms with van der Waals surface area (Å²) in [6, 6.07) is 26.9. The largest absolute Gasteiger partial charge is 0.461 e. The number of aryl methyl sites for hydroxylation is 2. The minimum Gasteiger partial charge on any atom is -0.461 e.